The van der Waals surface area contributed by atoms with Crippen molar-refractivity contribution in [3.63, 3.8) is 0 Å². The molecule has 7 heteroatoms. The van der Waals surface area contributed by atoms with E-state index in [2.05, 4.69) is 5.32 Å². The zero-order chi connectivity index (χ0) is 21.0. The fourth-order valence-electron chi connectivity index (χ4n) is 3.16. The second kappa shape index (κ2) is 8.90. The van der Waals surface area contributed by atoms with Crippen molar-refractivity contribution in [3.8, 4) is 10.4 Å². The van der Waals surface area contributed by atoms with Gasteiger partial charge in [0, 0.05) is 34.8 Å². The first-order chi connectivity index (χ1) is 13.9. The standard InChI is InChI=1S/C22H24N2O3S2/c1-4-24(5-2)29(26,27)21-15-17(13-12-16(21)3)22(25)23-19-10-7-6-9-18(19)20-11-8-14-28-20/h6-15H,4-5H2,1-3H3,(H,23,25). The molecule has 1 amide bonds. The summed E-state index contributed by atoms with van der Waals surface area (Å²) in [5.41, 5.74) is 2.54. The smallest absolute Gasteiger partial charge is 0.255 e. The van der Waals surface area contributed by atoms with E-state index in [4.69, 9.17) is 0 Å². The third-order valence-corrected chi connectivity index (χ3v) is 7.83. The highest BCUT2D eigenvalue weighted by Gasteiger charge is 2.25. The number of thiophene rings is 1. The third kappa shape index (κ3) is 4.42. The van der Waals surface area contributed by atoms with Crippen LogP contribution < -0.4 is 5.32 Å². The van der Waals surface area contributed by atoms with Crippen LogP contribution in [-0.4, -0.2) is 31.7 Å². The Morgan fingerprint density at radius 3 is 2.41 bits per heavy atom. The Kier molecular flexibility index (Phi) is 6.52. The van der Waals surface area contributed by atoms with Crippen molar-refractivity contribution in [1.82, 2.24) is 4.31 Å². The summed E-state index contributed by atoms with van der Waals surface area (Å²) in [4.78, 5) is 14.1. The Morgan fingerprint density at radius 1 is 1.03 bits per heavy atom. The van der Waals surface area contributed by atoms with Crippen LogP contribution >= 0.6 is 11.3 Å². The number of nitrogens with zero attached hydrogens (tertiary/aromatic N) is 1. The lowest BCUT2D eigenvalue weighted by Crippen LogP contribution is -2.31. The zero-order valence-corrected chi connectivity index (χ0v) is 18.3. The average molecular weight is 429 g/mol. The SMILES string of the molecule is CCN(CC)S(=O)(=O)c1cc(C(=O)Nc2ccccc2-c2cccs2)ccc1C. The minimum absolute atomic E-state index is 0.167. The summed E-state index contributed by atoms with van der Waals surface area (Å²) in [6.07, 6.45) is 0. The number of sulfonamides is 1. The van der Waals surface area contributed by atoms with Crippen molar-refractivity contribution in [2.75, 3.05) is 18.4 Å². The quantitative estimate of drug-likeness (QED) is 0.575. The van der Waals surface area contributed by atoms with Crippen LogP contribution in [0.1, 0.15) is 29.8 Å². The molecule has 1 aromatic heterocycles. The minimum Gasteiger partial charge on any atom is -0.321 e. The summed E-state index contributed by atoms with van der Waals surface area (Å²) < 4.78 is 27.3. The molecule has 0 unspecified atom stereocenters. The van der Waals surface area contributed by atoms with Crippen LogP contribution in [-0.2, 0) is 10.0 Å². The van der Waals surface area contributed by atoms with E-state index >= 15 is 0 Å². The lowest BCUT2D eigenvalue weighted by Gasteiger charge is -2.20. The fraction of sp³-hybridized carbons (Fsp3) is 0.227. The molecule has 152 valence electrons. The summed E-state index contributed by atoms with van der Waals surface area (Å²) in [6, 6.07) is 16.3. The number of anilines is 1. The van der Waals surface area contributed by atoms with E-state index < -0.39 is 10.0 Å². The van der Waals surface area contributed by atoms with Gasteiger partial charge in [-0.1, -0.05) is 44.2 Å². The van der Waals surface area contributed by atoms with Crippen LogP contribution in [0, 0.1) is 6.92 Å². The Balaban J connectivity index is 1.94. The van der Waals surface area contributed by atoms with Crippen molar-refractivity contribution < 1.29 is 13.2 Å². The van der Waals surface area contributed by atoms with Gasteiger partial charge in [-0.2, -0.15) is 4.31 Å². The molecule has 0 radical (unpaired) electrons. The topological polar surface area (TPSA) is 66.5 Å². The molecule has 2 aromatic carbocycles. The average Bonchev–Trinajstić information content (AvgIpc) is 3.24. The molecule has 3 rings (SSSR count). The molecule has 0 bridgehead atoms. The van der Waals surface area contributed by atoms with E-state index in [1.165, 1.54) is 10.4 Å². The van der Waals surface area contributed by atoms with E-state index in [0.29, 0.717) is 29.9 Å². The number of carbonyl (C=O) groups is 1. The molecule has 3 aromatic rings. The molecular weight excluding hydrogens is 404 g/mol. The van der Waals surface area contributed by atoms with Crippen LogP contribution in [0.4, 0.5) is 5.69 Å². The maximum Gasteiger partial charge on any atom is 0.255 e. The van der Waals surface area contributed by atoms with Crippen LogP contribution in [0.3, 0.4) is 0 Å². The predicted molar refractivity (Wildman–Crippen MR) is 119 cm³/mol. The summed E-state index contributed by atoms with van der Waals surface area (Å²) >= 11 is 1.59. The number of para-hydroxylation sites is 1. The second-order valence-electron chi connectivity index (χ2n) is 6.55. The molecule has 0 fully saturated rings. The van der Waals surface area contributed by atoms with E-state index in [1.807, 2.05) is 41.8 Å². The first kappa shape index (κ1) is 21.2. The van der Waals surface area contributed by atoms with Crippen LogP contribution in [0.2, 0.25) is 0 Å². The summed E-state index contributed by atoms with van der Waals surface area (Å²) in [7, 11) is -3.65. The third-order valence-electron chi connectivity index (χ3n) is 4.74. The van der Waals surface area contributed by atoms with Crippen LogP contribution in [0.25, 0.3) is 10.4 Å². The number of hydrogen-bond donors (Lipinski definition) is 1. The van der Waals surface area contributed by atoms with Crippen LogP contribution in [0.15, 0.2) is 64.9 Å². The Morgan fingerprint density at radius 2 is 1.76 bits per heavy atom. The highest BCUT2D eigenvalue weighted by Crippen LogP contribution is 2.31. The van der Waals surface area contributed by atoms with Crippen molar-refractivity contribution in [3.05, 3.63) is 71.1 Å². The van der Waals surface area contributed by atoms with Gasteiger partial charge < -0.3 is 5.32 Å². The van der Waals surface area contributed by atoms with Crippen LogP contribution in [0.5, 0.6) is 0 Å². The number of hydrogen-bond acceptors (Lipinski definition) is 4. The van der Waals surface area contributed by atoms with Gasteiger partial charge in [-0.3, -0.25) is 4.79 Å². The molecule has 0 saturated carbocycles. The van der Waals surface area contributed by atoms with Gasteiger partial charge in [0.05, 0.1) is 4.90 Å². The number of aryl methyl sites for hydroxylation is 1. The summed E-state index contributed by atoms with van der Waals surface area (Å²) in [5.74, 6) is -0.343. The molecule has 0 aliphatic heterocycles. The van der Waals surface area contributed by atoms with Crippen molar-refractivity contribution in [1.29, 1.82) is 0 Å². The molecule has 0 aliphatic rings. The Hall–Kier alpha value is -2.48. The molecule has 0 aliphatic carbocycles. The number of nitrogens with one attached hydrogen (secondary N) is 1. The van der Waals surface area contributed by atoms with E-state index in [1.54, 1.807) is 44.2 Å². The molecule has 5 nitrogen and oxygen atoms in total. The lowest BCUT2D eigenvalue weighted by molar-refractivity contribution is 0.102. The molecule has 0 saturated heterocycles. The summed E-state index contributed by atoms with van der Waals surface area (Å²) in [5, 5.41) is 4.91. The zero-order valence-electron chi connectivity index (χ0n) is 16.7. The molecule has 0 spiro atoms. The van der Waals surface area contributed by atoms with Gasteiger partial charge in [-0.25, -0.2) is 8.42 Å². The number of rotatable bonds is 7. The Bertz CT molecular complexity index is 1100. The maximum absolute atomic E-state index is 13.0. The lowest BCUT2D eigenvalue weighted by atomic mass is 10.1. The van der Waals surface area contributed by atoms with Gasteiger partial charge in [0.15, 0.2) is 0 Å². The highest BCUT2D eigenvalue weighted by atomic mass is 32.2. The van der Waals surface area contributed by atoms with E-state index in [0.717, 1.165) is 10.4 Å². The van der Waals surface area contributed by atoms with Gasteiger partial charge in [0.2, 0.25) is 10.0 Å². The first-order valence-electron chi connectivity index (χ1n) is 9.43. The highest BCUT2D eigenvalue weighted by molar-refractivity contribution is 7.89. The molecule has 29 heavy (non-hydrogen) atoms. The molecule has 1 heterocycles. The minimum atomic E-state index is -3.65. The second-order valence-corrected chi connectivity index (χ2v) is 9.40. The van der Waals surface area contributed by atoms with E-state index in [9.17, 15) is 13.2 Å². The van der Waals surface area contributed by atoms with Gasteiger partial charge in [0.25, 0.3) is 5.91 Å². The van der Waals surface area contributed by atoms with Gasteiger partial charge in [-0.05, 0) is 42.1 Å². The van der Waals surface area contributed by atoms with Crippen molar-refractivity contribution in [2.24, 2.45) is 0 Å². The van der Waals surface area contributed by atoms with Crippen molar-refractivity contribution in [2.45, 2.75) is 25.7 Å². The summed E-state index contributed by atoms with van der Waals surface area (Å²) in [6.45, 7) is 6.10. The van der Waals surface area contributed by atoms with E-state index in [-0.39, 0.29) is 10.8 Å². The molecule has 0 atom stereocenters. The van der Waals surface area contributed by atoms with Crippen molar-refractivity contribution >= 4 is 33.0 Å². The number of carbonyl (C=O) groups excluding carboxylic acids is 1. The maximum atomic E-state index is 13.0. The fourth-order valence-corrected chi connectivity index (χ4v) is 5.63. The van der Waals surface area contributed by atoms with Gasteiger partial charge in [0.1, 0.15) is 0 Å². The molecule has 1 N–H and O–H groups in total. The number of benzene rings is 2. The Labute approximate surface area is 176 Å². The largest absolute Gasteiger partial charge is 0.321 e. The van der Waals surface area contributed by atoms with Gasteiger partial charge >= 0.3 is 0 Å². The number of amides is 1. The monoisotopic (exact) mass is 428 g/mol. The van der Waals surface area contributed by atoms with Gasteiger partial charge in [-0.15, -0.1) is 11.3 Å². The first-order valence-corrected chi connectivity index (χ1v) is 11.8. The predicted octanol–water partition coefficient (Wildman–Crippen LogP) is 5.01. The normalized spacial score (nSPS) is 11.6. The molecular formula is C22H24N2O3S2.